The molecule has 0 fully saturated rings. The molecule has 0 amide bonds. The van der Waals surface area contributed by atoms with Crippen LogP contribution in [0.3, 0.4) is 0 Å². The number of hydrogen-bond donors (Lipinski definition) is 2. The first-order valence-corrected chi connectivity index (χ1v) is 13.5. The molecule has 0 saturated heterocycles. The van der Waals surface area contributed by atoms with Gasteiger partial charge in [-0.2, -0.15) is 0 Å². The summed E-state index contributed by atoms with van der Waals surface area (Å²) in [6, 6.07) is 35.8. The molecule has 36 heavy (non-hydrogen) atoms. The van der Waals surface area contributed by atoms with Gasteiger partial charge in [0.1, 0.15) is 0 Å². The van der Waals surface area contributed by atoms with Gasteiger partial charge >= 0.3 is 0 Å². The van der Waals surface area contributed by atoms with E-state index >= 15 is 0 Å². The highest BCUT2D eigenvalue weighted by molar-refractivity contribution is 7.89. The molecule has 4 aromatic carbocycles. The van der Waals surface area contributed by atoms with Gasteiger partial charge in [0.2, 0.25) is 10.0 Å². The van der Waals surface area contributed by atoms with E-state index in [2.05, 4.69) is 10.0 Å². The van der Waals surface area contributed by atoms with Crippen LogP contribution in [0.4, 0.5) is 0 Å². The predicted molar refractivity (Wildman–Crippen MR) is 144 cm³/mol. The number of rotatable bonds is 12. The fraction of sp³-hybridized carbons (Fsp3) is 0.200. The van der Waals surface area contributed by atoms with Gasteiger partial charge in [-0.25, -0.2) is 13.1 Å². The van der Waals surface area contributed by atoms with Gasteiger partial charge in [-0.1, -0.05) is 109 Å². The number of nitrogens with one attached hydrogen (secondary N) is 2. The first kappa shape index (κ1) is 25.8. The molecule has 0 aliphatic carbocycles. The third kappa shape index (κ3) is 7.35. The lowest BCUT2D eigenvalue weighted by Crippen LogP contribution is -2.47. The normalized spacial score (nSPS) is 13.2. The van der Waals surface area contributed by atoms with Gasteiger partial charge in [0.05, 0.1) is 30.2 Å². The van der Waals surface area contributed by atoms with Crippen molar-refractivity contribution in [3.63, 3.8) is 0 Å². The minimum Gasteiger partial charge on any atom is -0.375 e. The number of aryl methyl sites for hydroxylation is 1. The Bertz CT molecular complexity index is 1300. The fourth-order valence-corrected chi connectivity index (χ4v) is 5.27. The van der Waals surface area contributed by atoms with Crippen LogP contribution in [0.5, 0.6) is 0 Å². The van der Waals surface area contributed by atoms with E-state index in [9.17, 15) is 8.42 Å². The van der Waals surface area contributed by atoms with E-state index in [1.165, 1.54) is 0 Å². The Balaban J connectivity index is 1.60. The Labute approximate surface area is 214 Å². The molecule has 0 spiro atoms. The Morgan fingerprint density at radius 1 is 0.722 bits per heavy atom. The molecular weight excluding hydrogens is 468 g/mol. The average Bonchev–Trinajstić information content (AvgIpc) is 2.90. The largest absolute Gasteiger partial charge is 0.375 e. The van der Waals surface area contributed by atoms with E-state index in [1.807, 2.05) is 97.9 Å². The van der Waals surface area contributed by atoms with Crippen molar-refractivity contribution in [2.24, 2.45) is 0 Å². The lowest BCUT2D eigenvalue weighted by molar-refractivity contribution is 0.0933. The summed E-state index contributed by atoms with van der Waals surface area (Å²) in [7, 11) is -3.78. The Morgan fingerprint density at radius 3 is 1.89 bits per heavy atom. The van der Waals surface area contributed by atoms with Gasteiger partial charge in [0.15, 0.2) is 0 Å². The SMILES string of the molecule is Cc1ccc(S(=O)(=O)N[C@H](COCc2ccccc2)[C@@H](NCc2ccccc2)c2ccccc2)cc1. The van der Waals surface area contributed by atoms with E-state index in [-0.39, 0.29) is 17.5 Å². The van der Waals surface area contributed by atoms with Gasteiger partial charge in [-0.3, -0.25) is 0 Å². The summed E-state index contributed by atoms with van der Waals surface area (Å²) in [6.07, 6.45) is 0. The fourth-order valence-electron chi connectivity index (χ4n) is 4.04. The quantitative estimate of drug-likeness (QED) is 0.274. The maximum absolute atomic E-state index is 13.4. The number of sulfonamides is 1. The molecule has 186 valence electrons. The third-order valence-corrected chi connectivity index (χ3v) is 7.48. The first-order valence-electron chi connectivity index (χ1n) is 12.0. The number of benzene rings is 4. The predicted octanol–water partition coefficient (Wildman–Crippen LogP) is 5.39. The van der Waals surface area contributed by atoms with Crippen molar-refractivity contribution in [2.45, 2.75) is 37.1 Å². The molecule has 4 rings (SSSR count). The molecule has 5 nitrogen and oxygen atoms in total. The molecule has 2 atom stereocenters. The zero-order valence-corrected chi connectivity index (χ0v) is 21.2. The first-order chi connectivity index (χ1) is 17.5. The molecule has 0 saturated carbocycles. The smallest absolute Gasteiger partial charge is 0.240 e. The highest BCUT2D eigenvalue weighted by Crippen LogP contribution is 2.21. The van der Waals surface area contributed by atoms with Crippen molar-refractivity contribution >= 4 is 10.0 Å². The van der Waals surface area contributed by atoms with Gasteiger partial charge in [0.25, 0.3) is 0 Å². The van der Waals surface area contributed by atoms with Crippen molar-refractivity contribution in [3.8, 4) is 0 Å². The molecule has 4 aromatic rings. The zero-order valence-electron chi connectivity index (χ0n) is 20.4. The van der Waals surface area contributed by atoms with Gasteiger partial charge in [-0.05, 0) is 35.7 Å². The van der Waals surface area contributed by atoms with Crippen LogP contribution < -0.4 is 10.0 Å². The van der Waals surface area contributed by atoms with Crippen LogP contribution in [0.25, 0.3) is 0 Å². The van der Waals surface area contributed by atoms with Gasteiger partial charge < -0.3 is 10.1 Å². The van der Waals surface area contributed by atoms with Crippen molar-refractivity contribution in [2.75, 3.05) is 6.61 Å². The van der Waals surface area contributed by atoms with E-state index in [4.69, 9.17) is 4.74 Å². The summed E-state index contributed by atoms with van der Waals surface area (Å²) in [4.78, 5) is 0.232. The lowest BCUT2D eigenvalue weighted by Gasteiger charge is -2.29. The van der Waals surface area contributed by atoms with Crippen molar-refractivity contribution in [3.05, 3.63) is 138 Å². The van der Waals surface area contributed by atoms with Crippen LogP contribution in [0, 0.1) is 6.92 Å². The van der Waals surface area contributed by atoms with Crippen LogP contribution in [0.1, 0.15) is 28.3 Å². The van der Waals surface area contributed by atoms with Crippen molar-refractivity contribution in [1.29, 1.82) is 0 Å². The summed E-state index contributed by atoms with van der Waals surface area (Å²) in [5.41, 5.74) is 4.13. The summed E-state index contributed by atoms with van der Waals surface area (Å²) >= 11 is 0. The minimum atomic E-state index is -3.78. The number of ether oxygens (including phenoxy) is 1. The summed E-state index contributed by atoms with van der Waals surface area (Å²) < 4.78 is 35.8. The molecule has 0 aromatic heterocycles. The van der Waals surface area contributed by atoms with E-state index < -0.39 is 16.1 Å². The topological polar surface area (TPSA) is 67.4 Å². The maximum atomic E-state index is 13.4. The molecule has 6 heteroatoms. The molecule has 0 bridgehead atoms. The van der Waals surface area contributed by atoms with Gasteiger partial charge in [0, 0.05) is 6.54 Å². The lowest BCUT2D eigenvalue weighted by atomic mass is 10.00. The van der Waals surface area contributed by atoms with E-state index in [1.54, 1.807) is 24.3 Å². The van der Waals surface area contributed by atoms with E-state index in [0.29, 0.717) is 13.2 Å². The Kier molecular flexibility index (Phi) is 9.03. The second-order valence-corrected chi connectivity index (χ2v) is 10.5. The molecule has 2 N–H and O–H groups in total. The summed E-state index contributed by atoms with van der Waals surface area (Å²) in [6.45, 7) is 3.11. The standard InChI is InChI=1S/C30H32N2O3S/c1-24-17-19-28(20-18-24)36(33,34)32-29(23-35-22-26-13-7-3-8-14-26)30(27-15-9-4-10-16-27)31-21-25-11-5-2-6-12-25/h2-20,29-32H,21-23H2,1H3/t29-,30+/m1/s1. The van der Waals surface area contributed by atoms with Crippen LogP contribution in [0.2, 0.25) is 0 Å². The van der Waals surface area contributed by atoms with Crippen LogP contribution in [0.15, 0.2) is 120 Å². The van der Waals surface area contributed by atoms with Crippen LogP contribution in [-0.2, 0) is 27.9 Å². The average molecular weight is 501 g/mol. The molecule has 0 unspecified atom stereocenters. The minimum absolute atomic E-state index is 0.196. The molecular formula is C30H32N2O3S. The molecule has 0 aliphatic rings. The van der Waals surface area contributed by atoms with E-state index in [0.717, 1.165) is 22.3 Å². The third-order valence-electron chi connectivity index (χ3n) is 5.98. The number of hydrogen-bond acceptors (Lipinski definition) is 4. The molecule has 0 heterocycles. The van der Waals surface area contributed by atoms with Crippen LogP contribution in [-0.4, -0.2) is 21.1 Å². The van der Waals surface area contributed by atoms with Crippen LogP contribution >= 0.6 is 0 Å². The summed E-state index contributed by atoms with van der Waals surface area (Å²) in [5, 5.41) is 3.58. The Hall–Kier alpha value is -3.29. The second-order valence-electron chi connectivity index (χ2n) is 8.80. The highest BCUT2D eigenvalue weighted by Gasteiger charge is 2.28. The molecule has 0 radical (unpaired) electrons. The van der Waals surface area contributed by atoms with Crippen molar-refractivity contribution in [1.82, 2.24) is 10.0 Å². The zero-order chi connectivity index (χ0) is 25.2. The van der Waals surface area contributed by atoms with Crippen molar-refractivity contribution < 1.29 is 13.2 Å². The highest BCUT2D eigenvalue weighted by atomic mass is 32.2. The Morgan fingerprint density at radius 2 is 1.28 bits per heavy atom. The van der Waals surface area contributed by atoms with Gasteiger partial charge in [-0.15, -0.1) is 0 Å². The molecule has 0 aliphatic heterocycles. The maximum Gasteiger partial charge on any atom is 0.240 e. The summed E-state index contributed by atoms with van der Waals surface area (Å²) in [5.74, 6) is 0. The second kappa shape index (κ2) is 12.6. The monoisotopic (exact) mass is 500 g/mol.